The number of ether oxygens (including phenoxy) is 1. The molecule has 0 spiro atoms. The van der Waals surface area contributed by atoms with Gasteiger partial charge in [0.25, 0.3) is 0 Å². The van der Waals surface area contributed by atoms with Gasteiger partial charge in [-0.3, -0.25) is 4.79 Å². The predicted molar refractivity (Wildman–Crippen MR) is 119 cm³/mol. The lowest BCUT2D eigenvalue weighted by molar-refractivity contribution is -0.137. The number of hydrogen-bond donors (Lipinski definition) is 1. The van der Waals surface area contributed by atoms with Crippen molar-refractivity contribution in [3.05, 3.63) is 29.8 Å². The molecule has 2 saturated heterocycles. The minimum absolute atomic E-state index is 0.0128. The van der Waals surface area contributed by atoms with Crippen LogP contribution in [0.4, 0.5) is 23.7 Å². The van der Waals surface area contributed by atoms with E-state index < -0.39 is 50.5 Å². The summed E-state index contributed by atoms with van der Waals surface area (Å²) in [5.41, 5.74) is -1.90. The normalized spacial score (nSPS) is 23.5. The smallest absolute Gasteiger partial charge is 0.418 e. The maximum atomic E-state index is 13.6. The van der Waals surface area contributed by atoms with Crippen molar-refractivity contribution in [2.24, 2.45) is 4.99 Å². The van der Waals surface area contributed by atoms with E-state index >= 15 is 0 Å². The molecule has 1 N–H and O–H groups in total. The number of nitrogens with zero attached hydrogens (tertiary/aromatic N) is 2. The lowest BCUT2D eigenvalue weighted by Gasteiger charge is -2.27. The van der Waals surface area contributed by atoms with Gasteiger partial charge in [-0.2, -0.15) is 18.2 Å². The van der Waals surface area contributed by atoms with E-state index in [1.807, 2.05) is 0 Å². The number of alkyl carbamates (subject to hydrolysis) is 1. The summed E-state index contributed by atoms with van der Waals surface area (Å²) in [6.07, 6.45) is -5.59. The summed E-state index contributed by atoms with van der Waals surface area (Å²) in [5, 5.41) is 1.89. The number of amides is 2. The number of para-hydroxylation sites is 1. The standard InChI is InChI=1S/C20H24F3N3O5S2/c1-19(2,3)31-18(28)24-9-8-16(27)25-17-26(14-10-33(29,30)11-15(14)32-17)13-7-5-4-6-12(13)20(21,22)23/h4-7,14-15H,8-11H2,1-3H3,(H,24,28). The molecule has 2 heterocycles. The van der Waals surface area contributed by atoms with Gasteiger partial charge in [-0.05, 0) is 32.9 Å². The number of thioether (sulfide) groups is 1. The van der Waals surface area contributed by atoms with Gasteiger partial charge in [0.2, 0.25) is 5.91 Å². The summed E-state index contributed by atoms with van der Waals surface area (Å²) in [5.74, 6) is -1.20. The molecule has 0 bridgehead atoms. The largest absolute Gasteiger partial charge is 0.444 e. The zero-order chi connectivity index (χ0) is 24.6. The second-order valence-electron chi connectivity index (χ2n) is 8.65. The van der Waals surface area contributed by atoms with Gasteiger partial charge in [-0.15, -0.1) is 0 Å². The third-order valence-electron chi connectivity index (χ3n) is 4.76. The number of nitrogens with one attached hydrogen (secondary N) is 1. The van der Waals surface area contributed by atoms with E-state index in [0.717, 1.165) is 17.8 Å². The lowest BCUT2D eigenvalue weighted by atomic mass is 10.1. The van der Waals surface area contributed by atoms with Crippen LogP contribution in [0.15, 0.2) is 29.3 Å². The van der Waals surface area contributed by atoms with E-state index in [1.54, 1.807) is 20.8 Å². The summed E-state index contributed by atoms with van der Waals surface area (Å²) < 4.78 is 70.2. The second kappa shape index (κ2) is 9.16. The van der Waals surface area contributed by atoms with Crippen LogP contribution in [0.25, 0.3) is 0 Å². The molecule has 0 radical (unpaired) electrons. The first-order chi connectivity index (χ1) is 15.2. The number of benzene rings is 1. The zero-order valence-corrected chi connectivity index (χ0v) is 19.8. The van der Waals surface area contributed by atoms with Crippen LogP contribution in [-0.2, 0) is 25.5 Å². The topological polar surface area (TPSA) is 105 Å². The Labute approximate surface area is 193 Å². The third kappa shape index (κ3) is 6.40. The number of carbonyl (C=O) groups excluding carboxylic acids is 2. The number of aliphatic imine (C=N–C) groups is 1. The molecule has 0 aliphatic carbocycles. The molecule has 0 aromatic heterocycles. The molecule has 2 atom stereocenters. The molecule has 13 heteroatoms. The second-order valence-corrected chi connectivity index (χ2v) is 12.0. The number of fused-ring (bicyclic) bond motifs is 1. The van der Waals surface area contributed by atoms with Crippen molar-refractivity contribution in [3.8, 4) is 0 Å². The average Bonchev–Trinajstić information content (AvgIpc) is 3.10. The van der Waals surface area contributed by atoms with Crippen LogP contribution in [0.5, 0.6) is 0 Å². The summed E-state index contributed by atoms with van der Waals surface area (Å²) in [4.78, 5) is 29.3. The van der Waals surface area contributed by atoms with Crippen LogP contribution in [0.2, 0.25) is 0 Å². The summed E-state index contributed by atoms with van der Waals surface area (Å²) in [6, 6.07) is 4.02. The average molecular weight is 508 g/mol. The highest BCUT2D eigenvalue weighted by Crippen LogP contribution is 2.45. The van der Waals surface area contributed by atoms with Gasteiger partial charge in [0.05, 0.1) is 28.8 Å². The van der Waals surface area contributed by atoms with Crippen molar-refractivity contribution >= 4 is 44.5 Å². The maximum Gasteiger partial charge on any atom is 0.418 e. The number of anilines is 1. The Morgan fingerprint density at radius 2 is 1.88 bits per heavy atom. The van der Waals surface area contributed by atoms with Gasteiger partial charge in [0, 0.05) is 18.2 Å². The fourth-order valence-corrected chi connectivity index (χ4v) is 7.44. The van der Waals surface area contributed by atoms with Crippen LogP contribution in [0.1, 0.15) is 32.8 Å². The molecule has 8 nitrogen and oxygen atoms in total. The Bertz CT molecular complexity index is 1070. The van der Waals surface area contributed by atoms with Crippen molar-refractivity contribution in [2.75, 3.05) is 23.0 Å². The number of alkyl halides is 3. The molecular formula is C20H24F3N3O5S2. The van der Waals surface area contributed by atoms with Crippen molar-refractivity contribution in [2.45, 2.75) is 50.3 Å². The minimum Gasteiger partial charge on any atom is -0.444 e. The molecule has 0 saturated carbocycles. The molecule has 3 rings (SSSR count). The fraction of sp³-hybridized carbons (Fsp3) is 0.550. The van der Waals surface area contributed by atoms with Crippen LogP contribution in [0, 0.1) is 0 Å². The van der Waals surface area contributed by atoms with Gasteiger partial charge in [0.1, 0.15) is 5.60 Å². The SMILES string of the molecule is CC(C)(C)OC(=O)NCCC(=O)N=C1SC2CS(=O)(=O)CC2N1c1ccccc1C(F)(F)F. The van der Waals surface area contributed by atoms with E-state index in [-0.39, 0.29) is 35.3 Å². The van der Waals surface area contributed by atoms with Crippen molar-refractivity contribution in [1.29, 1.82) is 0 Å². The van der Waals surface area contributed by atoms with E-state index in [9.17, 15) is 31.2 Å². The van der Waals surface area contributed by atoms with Gasteiger partial charge >= 0.3 is 12.3 Å². The Hall–Kier alpha value is -2.28. The Morgan fingerprint density at radius 3 is 2.52 bits per heavy atom. The predicted octanol–water partition coefficient (Wildman–Crippen LogP) is 3.22. The first-order valence-electron chi connectivity index (χ1n) is 10.1. The minimum atomic E-state index is -4.68. The molecule has 2 amide bonds. The number of hydrogen-bond acceptors (Lipinski definition) is 6. The third-order valence-corrected chi connectivity index (χ3v) is 7.97. The number of carbonyl (C=O) groups is 2. The molecular weight excluding hydrogens is 483 g/mol. The highest BCUT2D eigenvalue weighted by molar-refractivity contribution is 8.16. The number of sulfone groups is 1. The van der Waals surface area contributed by atoms with Crippen LogP contribution in [0.3, 0.4) is 0 Å². The molecule has 1 aromatic carbocycles. The quantitative estimate of drug-likeness (QED) is 0.667. The fourth-order valence-electron chi connectivity index (χ4n) is 3.52. The Balaban J connectivity index is 1.82. The summed E-state index contributed by atoms with van der Waals surface area (Å²) >= 11 is 0.978. The van der Waals surface area contributed by atoms with Gasteiger partial charge < -0.3 is 15.0 Å². The Kier molecular flexibility index (Phi) is 7.04. The van der Waals surface area contributed by atoms with Crippen LogP contribution >= 0.6 is 11.8 Å². The van der Waals surface area contributed by atoms with E-state index in [2.05, 4.69) is 10.3 Å². The highest BCUT2D eigenvalue weighted by Gasteiger charge is 2.51. The molecule has 1 aromatic rings. The summed E-state index contributed by atoms with van der Waals surface area (Å²) in [7, 11) is -3.43. The van der Waals surface area contributed by atoms with Gasteiger partial charge in [0.15, 0.2) is 15.0 Å². The van der Waals surface area contributed by atoms with Crippen molar-refractivity contribution < 1.29 is 35.9 Å². The van der Waals surface area contributed by atoms with Crippen molar-refractivity contribution in [3.63, 3.8) is 0 Å². The van der Waals surface area contributed by atoms with Crippen molar-refractivity contribution in [1.82, 2.24) is 5.32 Å². The first-order valence-corrected chi connectivity index (χ1v) is 12.8. The maximum absolute atomic E-state index is 13.6. The number of rotatable bonds is 4. The zero-order valence-electron chi connectivity index (χ0n) is 18.2. The molecule has 2 aliphatic heterocycles. The molecule has 33 heavy (non-hydrogen) atoms. The number of halogens is 3. The van der Waals surface area contributed by atoms with Crippen LogP contribution in [-0.4, -0.2) is 60.5 Å². The number of amidine groups is 1. The monoisotopic (exact) mass is 507 g/mol. The van der Waals surface area contributed by atoms with Crippen LogP contribution < -0.4 is 10.2 Å². The first kappa shape index (κ1) is 25.3. The van der Waals surface area contributed by atoms with E-state index in [0.29, 0.717) is 0 Å². The van der Waals surface area contributed by atoms with Gasteiger partial charge in [-0.1, -0.05) is 23.9 Å². The molecule has 182 valence electrons. The highest BCUT2D eigenvalue weighted by atomic mass is 32.2. The van der Waals surface area contributed by atoms with E-state index in [4.69, 9.17) is 4.74 Å². The van der Waals surface area contributed by atoms with Gasteiger partial charge in [-0.25, -0.2) is 13.2 Å². The lowest BCUT2D eigenvalue weighted by Crippen LogP contribution is -2.39. The molecule has 2 unspecified atom stereocenters. The molecule has 2 aliphatic rings. The Morgan fingerprint density at radius 1 is 1.21 bits per heavy atom. The summed E-state index contributed by atoms with van der Waals surface area (Å²) in [6.45, 7) is 4.98. The van der Waals surface area contributed by atoms with E-state index in [1.165, 1.54) is 23.1 Å². The molecule has 2 fully saturated rings.